The Morgan fingerprint density at radius 1 is 1.12 bits per heavy atom. The molecule has 3 aromatic rings. The van der Waals surface area contributed by atoms with E-state index in [-0.39, 0.29) is 28.6 Å². The van der Waals surface area contributed by atoms with Gasteiger partial charge in [-0.2, -0.15) is 16.9 Å². The van der Waals surface area contributed by atoms with Gasteiger partial charge in [0, 0.05) is 43.4 Å². The molecule has 12 heteroatoms. The van der Waals surface area contributed by atoms with E-state index in [1.54, 1.807) is 6.20 Å². The number of H-pyrrole nitrogens is 1. The van der Waals surface area contributed by atoms with Gasteiger partial charge in [0.05, 0.1) is 10.6 Å². The van der Waals surface area contributed by atoms with Gasteiger partial charge < -0.3 is 15.5 Å². The third-order valence-corrected chi connectivity index (χ3v) is 6.17. The number of carbonyl (C=O) groups is 2. The molecule has 4 rings (SSSR count). The van der Waals surface area contributed by atoms with Crippen molar-refractivity contribution in [1.29, 1.82) is 0 Å². The van der Waals surface area contributed by atoms with Gasteiger partial charge in [-0.25, -0.2) is 13.8 Å². The highest BCUT2D eigenvalue weighted by Gasteiger charge is 2.18. The number of hydrogen-bond donors (Lipinski definition) is 3. The molecule has 1 aliphatic heterocycles. The van der Waals surface area contributed by atoms with E-state index in [1.165, 1.54) is 6.07 Å². The molecule has 1 fully saturated rings. The first-order chi connectivity index (χ1) is 15.9. The minimum absolute atomic E-state index is 0.0247. The lowest BCUT2D eigenvalue weighted by molar-refractivity contribution is 0.0945. The molecule has 0 aliphatic carbocycles. The highest BCUT2D eigenvalue weighted by atomic mass is 35.5. The van der Waals surface area contributed by atoms with Gasteiger partial charge in [0.1, 0.15) is 11.5 Å². The predicted molar refractivity (Wildman–Crippen MR) is 123 cm³/mol. The first kappa shape index (κ1) is 23.0. The number of halogens is 3. The van der Waals surface area contributed by atoms with Crippen molar-refractivity contribution >= 4 is 46.8 Å². The van der Waals surface area contributed by atoms with E-state index < -0.39 is 23.4 Å². The summed E-state index contributed by atoms with van der Waals surface area (Å²) in [7, 11) is 0. The Hall–Kier alpha value is -3.18. The molecule has 0 radical (unpaired) electrons. The average molecular weight is 493 g/mol. The fraction of sp³-hybridized carbons (Fsp3) is 0.238. The zero-order valence-corrected chi connectivity index (χ0v) is 18.8. The molecule has 1 saturated heterocycles. The third-order valence-electron chi connectivity index (χ3n) is 4.92. The average Bonchev–Trinajstić information content (AvgIpc) is 3.29. The van der Waals surface area contributed by atoms with Crippen LogP contribution in [0.5, 0.6) is 0 Å². The lowest BCUT2D eigenvalue weighted by atomic mass is 10.2. The number of anilines is 2. The maximum Gasteiger partial charge on any atom is 0.269 e. The molecular formula is C21H19ClF2N6O2S. The van der Waals surface area contributed by atoms with Crippen LogP contribution in [-0.4, -0.2) is 51.6 Å². The van der Waals surface area contributed by atoms with E-state index in [4.69, 9.17) is 11.6 Å². The van der Waals surface area contributed by atoms with Crippen LogP contribution in [0.25, 0.3) is 0 Å². The van der Waals surface area contributed by atoms with E-state index in [0.29, 0.717) is 12.1 Å². The second kappa shape index (κ2) is 10.2. The van der Waals surface area contributed by atoms with Gasteiger partial charge in [0.2, 0.25) is 0 Å². The molecule has 0 saturated carbocycles. The van der Waals surface area contributed by atoms with Crippen molar-refractivity contribution in [2.24, 2.45) is 0 Å². The molecule has 0 bridgehead atoms. The minimum Gasteiger partial charge on any atom is -0.355 e. The SMILES string of the molecule is O=C(NCc1ccc(N2CCSCC2)nc1)c1cc(NC(=O)c2cc(F)c(F)cc2Cl)n[nH]1. The molecule has 1 aromatic carbocycles. The first-order valence-electron chi connectivity index (χ1n) is 9.98. The first-order valence-corrected chi connectivity index (χ1v) is 11.5. The monoisotopic (exact) mass is 492 g/mol. The second-order valence-electron chi connectivity index (χ2n) is 7.17. The quantitative estimate of drug-likeness (QED) is 0.455. The molecule has 172 valence electrons. The van der Waals surface area contributed by atoms with Crippen molar-refractivity contribution in [3.8, 4) is 0 Å². The number of nitrogens with zero attached hydrogens (tertiary/aromatic N) is 3. The number of pyridine rings is 1. The molecular weight excluding hydrogens is 474 g/mol. The predicted octanol–water partition coefficient (Wildman–Crippen LogP) is 3.47. The summed E-state index contributed by atoms with van der Waals surface area (Å²) in [5.74, 6) is -0.492. The van der Waals surface area contributed by atoms with Crippen LogP contribution < -0.4 is 15.5 Å². The summed E-state index contributed by atoms with van der Waals surface area (Å²) in [5.41, 5.74) is 0.681. The molecule has 2 amide bonds. The van der Waals surface area contributed by atoms with Gasteiger partial charge in [-0.05, 0) is 23.8 Å². The highest BCUT2D eigenvalue weighted by molar-refractivity contribution is 7.99. The zero-order chi connectivity index (χ0) is 23.4. The number of thioether (sulfide) groups is 1. The fourth-order valence-electron chi connectivity index (χ4n) is 3.16. The Kier molecular flexibility index (Phi) is 7.09. The van der Waals surface area contributed by atoms with Crippen molar-refractivity contribution in [3.63, 3.8) is 0 Å². The summed E-state index contributed by atoms with van der Waals surface area (Å²) in [5, 5.41) is 11.2. The molecule has 33 heavy (non-hydrogen) atoms. The maximum atomic E-state index is 13.4. The Morgan fingerprint density at radius 2 is 1.88 bits per heavy atom. The number of aromatic nitrogens is 3. The van der Waals surface area contributed by atoms with E-state index in [9.17, 15) is 18.4 Å². The molecule has 0 atom stereocenters. The van der Waals surface area contributed by atoms with Crippen LogP contribution in [0, 0.1) is 11.6 Å². The number of nitrogens with one attached hydrogen (secondary N) is 3. The van der Waals surface area contributed by atoms with Gasteiger partial charge in [-0.15, -0.1) is 0 Å². The van der Waals surface area contributed by atoms with E-state index in [1.807, 2.05) is 23.9 Å². The molecule has 0 unspecified atom stereocenters. The van der Waals surface area contributed by atoms with Crippen molar-refractivity contribution in [2.75, 3.05) is 34.8 Å². The smallest absolute Gasteiger partial charge is 0.269 e. The van der Waals surface area contributed by atoms with E-state index >= 15 is 0 Å². The minimum atomic E-state index is -1.20. The maximum absolute atomic E-state index is 13.4. The summed E-state index contributed by atoms with van der Waals surface area (Å²) < 4.78 is 26.6. The number of aromatic amines is 1. The lowest BCUT2D eigenvalue weighted by Crippen LogP contribution is -2.33. The molecule has 3 heterocycles. The van der Waals surface area contributed by atoms with Crippen LogP contribution in [0.4, 0.5) is 20.4 Å². The van der Waals surface area contributed by atoms with Crippen LogP contribution in [0.15, 0.2) is 36.5 Å². The van der Waals surface area contributed by atoms with Gasteiger partial charge in [-0.1, -0.05) is 17.7 Å². The Labute approximate surface area is 197 Å². The molecule has 1 aliphatic rings. The number of hydrogen-bond acceptors (Lipinski definition) is 6. The van der Waals surface area contributed by atoms with Crippen LogP contribution >= 0.6 is 23.4 Å². The van der Waals surface area contributed by atoms with Crippen LogP contribution in [0.2, 0.25) is 5.02 Å². The summed E-state index contributed by atoms with van der Waals surface area (Å²) >= 11 is 7.73. The van der Waals surface area contributed by atoms with Gasteiger partial charge in [0.25, 0.3) is 11.8 Å². The normalized spacial score (nSPS) is 13.6. The number of carbonyl (C=O) groups excluding carboxylic acids is 2. The van der Waals surface area contributed by atoms with Crippen LogP contribution in [0.3, 0.4) is 0 Å². The Bertz CT molecular complexity index is 1170. The lowest BCUT2D eigenvalue weighted by Gasteiger charge is -2.27. The third kappa shape index (κ3) is 5.60. The van der Waals surface area contributed by atoms with Crippen LogP contribution in [0.1, 0.15) is 26.4 Å². The van der Waals surface area contributed by atoms with Crippen molar-refractivity contribution in [2.45, 2.75) is 6.54 Å². The van der Waals surface area contributed by atoms with Crippen LogP contribution in [-0.2, 0) is 6.54 Å². The number of amides is 2. The van der Waals surface area contributed by atoms with Gasteiger partial charge in [-0.3, -0.25) is 14.7 Å². The summed E-state index contributed by atoms with van der Waals surface area (Å²) in [6.45, 7) is 2.19. The van der Waals surface area contributed by atoms with Crippen molar-refractivity contribution < 1.29 is 18.4 Å². The van der Waals surface area contributed by atoms with E-state index in [2.05, 4.69) is 30.7 Å². The van der Waals surface area contributed by atoms with Crippen molar-refractivity contribution in [3.05, 3.63) is 70.0 Å². The Morgan fingerprint density at radius 3 is 2.61 bits per heavy atom. The fourth-order valence-corrected chi connectivity index (χ4v) is 4.30. The van der Waals surface area contributed by atoms with E-state index in [0.717, 1.165) is 36.0 Å². The van der Waals surface area contributed by atoms with Gasteiger partial charge >= 0.3 is 0 Å². The second-order valence-corrected chi connectivity index (χ2v) is 8.81. The molecule has 3 N–H and O–H groups in total. The molecule has 2 aromatic heterocycles. The largest absolute Gasteiger partial charge is 0.355 e. The molecule has 0 spiro atoms. The van der Waals surface area contributed by atoms with Gasteiger partial charge in [0.15, 0.2) is 17.5 Å². The van der Waals surface area contributed by atoms with Crippen molar-refractivity contribution in [1.82, 2.24) is 20.5 Å². The standard InChI is InChI=1S/C21H19ClF2N6O2S/c22-14-8-16(24)15(23)7-13(14)20(31)27-18-9-17(28-29-18)21(32)26-11-12-1-2-19(25-10-12)30-3-5-33-6-4-30/h1-2,7-10H,3-6,11H2,(H,26,32)(H2,27,28,29,31). The number of rotatable bonds is 6. The Balaban J connectivity index is 1.32. The summed E-state index contributed by atoms with van der Waals surface area (Å²) in [6, 6.07) is 6.56. The summed E-state index contributed by atoms with van der Waals surface area (Å²) in [4.78, 5) is 31.4. The number of benzene rings is 1. The zero-order valence-electron chi connectivity index (χ0n) is 17.2. The molecule has 8 nitrogen and oxygen atoms in total. The summed E-state index contributed by atoms with van der Waals surface area (Å²) in [6.07, 6.45) is 1.72. The highest BCUT2D eigenvalue weighted by Crippen LogP contribution is 2.21. The topological polar surface area (TPSA) is 103 Å².